The number of carbonyl (C=O) groups is 2. The van der Waals surface area contributed by atoms with E-state index in [1.807, 2.05) is 4.90 Å². The molecule has 0 aromatic heterocycles. The lowest BCUT2D eigenvalue weighted by Crippen LogP contribution is -2.45. The lowest BCUT2D eigenvalue weighted by Gasteiger charge is -2.33. The zero-order valence-corrected chi connectivity index (χ0v) is 20.3. The number of likely N-dealkylation sites (tertiary alicyclic amines) is 1. The van der Waals surface area contributed by atoms with E-state index in [-0.39, 0.29) is 23.4 Å². The van der Waals surface area contributed by atoms with Gasteiger partial charge < -0.3 is 15.1 Å². The van der Waals surface area contributed by atoms with E-state index in [0.29, 0.717) is 12.6 Å². The topological polar surface area (TPSA) is 55.9 Å². The highest BCUT2D eigenvalue weighted by Gasteiger charge is 2.42. The number of piperidine rings is 1. The average molecular weight is 439 g/mol. The van der Waals surface area contributed by atoms with Crippen LogP contribution in [-0.2, 0) is 10.2 Å². The van der Waals surface area contributed by atoms with Gasteiger partial charge in [0.1, 0.15) is 0 Å². The van der Waals surface area contributed by atoms with Gasteiger partial charge in [-0.2, -0.15) is 0 Å². The summed E-state index contributed by atoms with van der Waals surface area (Å²) in [6, 6.07) is 8.42. The van der Waals surface area contributed by atoms with E-state index in [1.54, 1.807) is 11.9 Å². The molecule has 6 heteroatoms. The number of hydrogen-bond acceptors (Lipinski definition) is 3. The van der Waals surface area contributed by atoms with E-state index in [2.05, 4.69) is 62.2 Å². The first-order valence-electron chi connectivity index (χ1n) is 12.1. The monoisotopic (exact) mass is 438 g/mol. The minimum atomic E-state index is -0.387. The highest BCUT2D eigenvalue weighted by molar-refractivity contribution is 6.01. The van der Waals surface area contributed by atoms with E-state index >= 15 is 0 Å². The summed E-state index contributed by atoms with van der Waals surface area (Å²) in [7, 11) is 1.76. The molecule has 0 radical (unpaired) electrons. The predicted octanol–water partition coefficient (Wildman–Crippen LogP) is 4.04. The molecule has 1 N–H and O–H groups in total. The van der Waals surface area contributed by atoms with E-state index in [1.165, 1.54) is 24.8 Å². The number of carbonyl (C=O) groups excluding carboxylic acids is 2. The second kappa shape index (κ2) is 8.89. The summed E-state index contributed by atoms with van der Waals surface area (Å²) in [5, 5.41) is 3.05. The Kier molecular flexibility index (Phi) is 6.35. The SMILES string of the molecule is CC1CCCCN1CCCN1CC2=C(C1=O)C(c1ccc(C(C)(C)C)cc1)NC(=O)N2C. The molecule has 3 aliphatic rings. The van der Waals surface area contributed by atoms with Gasteiger partial charge in [0.05, 0.1) is 23.9 Å². The van der Waals surface area contributed by atoms with Crippen LogP contribution in [0.4, 0.5) is 4.79 Å². The molecule has 1 fully saturated rings. The predicted molar refractivity (Wildman–Crippen MR) is 127 cm³/mol. The molecule has 1 aromatic rings. The minimum Gasteiger partial charge on any atom is -0.333 e. The third kappa shape index (κ3) is 4.42. The summed E-state index contributed by atoms with van der Waals surface area (Å²) < 4.78 is 0. The summed E-state index contributed by atoms with van der Waals surface area (Å²) >= 11 is 0. The Morgan fingerprint density at radius 2 is 1.78 bits per heavy atom. The molecule has 2 unspecified atom stereocenters. The van der Waals surface area contributed by atoms with Crippen molar-refractivity contribution in [3.8, 4) is 0 Å². The molecule has 4 rings (SSSR count). The van der Waals surface area contributed by atoms with Crippen molar-refractivity contribution in [2.45, 2.75) is 70.9 Å². The Hall–Kier alpha value is -2.34. The quantitative estimate of drug-likeness (QED) is 0.755. The number of urea groups is 1. The Morgan fingerprint density at radius 3 is 2.44 bits per heavy atom. The largest absolute Gasteiger partial charge is 0.333 e. The third-order valence-electron chi connectivity index (χ3n) is 7.36. The van der Waals surface area contributed by atoms with Crippen LogP contribution in [0.2, 0.25) is 0 Å². The highest BCUT2D eigenvalue weighted by Crippen LogP contribution is 2.36. The van der Waals surface area contributed by atoms with Gasteiger partial charge in [-0.05, 0) is 49.3 Å². The summed E-state index contributed by atoms with van der Waals surface area (Å²) in [6.45, 7) is 12.3. The highest BCUT2D eigenvalue weighted by atomic mass is 16.2. The van der Waals surface area contributed by atoms with Gasteiger partial charge in [0.25, 0.3) is 5.91 Å². The number of nitrogens with zero attached hydrogens (tertiary/aromatic N) is 3. The molecular weight excluding hydrogens is 400 g/mol. The van der Waals surface area contributed by atoms with Crippen LogP contribution < -0.4 is 5.32 Å². The van der Waals surface area contributed by atoms with Crippen LogP contribution in [0.25, 0.3) is 0 Å². The maximum Gasteiger partial charge on any atom is 0.322 e. The van der Waals surface area contributed by atoms with Gasteiger partial charge in [-0.15, -0.1) is 0 Å². The van der Waals surface area contributed by atoms with Crippen molar-refractivity contribution in [3.05, 3.63) is 46.7 Å². The number of rotatable bonds is 5. The van der Waals surface area contributed by atoms with E-state index in [0.717, 1.165) is 42.9 Å². The number of nitrogens with one attached hydrogen (secondary N) is 1. The van der Waals surface area contributed by atoms with Crippen molar-refractivity contribution in [3.63, 3.8) is 0 Å². The molecule has 3 heterocycles. The number of hydrogen-bond donors (Lipinski definition) is 1. The lowest BCUT2D eigenvalue weighted by atomic mass is 9.85. The fourth-order valence-electron chi connectivity index (χ4n) is 5.18. The molecule has 0 bridgehead atoms. The Morgan fingerprint density at radius 1 is 1.06 bits per heavy atom. The molecule has 0 saturated carbocycles. The van der Waals surface area contributed by atoms with Crippen molar-refractivity contribution in [1.29, 1.82) is 0 Å². The number of benzene rings is 1. The van der Waals surface area contributed by atoms with Gasteiger partial charge in [-0.1, -0.05) is 51.5 Å². The molecule has 3 aliphatic heterocycles. The summed E-state index contributed by atoms with van der Waals surface area (Å²) in [6.07, 6.45) is 4.83. The van der Waals surface area contributed by atoms with Gasteiger partial charge in [0.2, 0.25) is 0 Å². The smallest absolute Gasteiger partial charge is 0.322 e. The van der Waals surface area contributed by atoms with Crippen LogP contribution in [0.1, 0.15) is 70.5 Å². The molecule has 1 saturated heterocycles. The van der Waals surface area contributed by atoms with Gasteiger partial charge in [-0.25, -0.2) is 4.79 Å². The van der Waals surface area contributed by atoms with Gasteiger partial charge in [-0.3, -0.25) is 9.69 Å². The molecule has 174 valence electrons. The molecular formula is C26H38N4O2. The van der Waals surface area contributed by atoms with Crippen LogP contribution in [0, 0.1) is 0 Å². The van der Waals surface area contributed by atoms with Gasteiger partial charge in [0.15, 0.2) is 0 Å². The standard InChI is InChI=1S/C26H38N4O2/c1-18-9-6-7-14-29(18)15-8-16-30-17-21-22(24(30)31)23(27-25(32)28(21)5)19-10-12-20(13-11-19)26(2,3)4/h10-13,18,23H,6-9,14-17H2,1-5H3,(H,27,32). The van der Waals surface area contributed by atoms with Gasteiger partial charge in [0, 0.05) is 26.2 Å². The van der Waals surface area contributed by atoms with Crippen molar-refractivity contribution < 1.29 is 9.59 Å². The minimum absolute atomic E-state index is 0.0587. The van der Waals surface area contributed by atoms with E-state index < -0.39 is 0 Å². The molecule has 0 aliphatic carbocycles. The van der Waals surface area contributed by atoms with Crippen LogP contribution in [0.15, 0.2) is 35.5 Å². The molecule has 0 spiro atoms. The van der Waals surface area contributed by atoms with Crippen LogP contribution in [0.3, 0.4) is 0 Å². The van der Waals surface area contributed by atoms with Crippen molar-refractivity contribution >= 4 is 11.9 Å². The normalized spacial score (nSPS) is 24.8. The zero-order chi connectivity index (χ0) is 23.0. The molecule has 32 heavy (non-hydrogen) atoms. The van der Waals surface area contributed by atoms with E-state index in [9.17, 15) is 9.59 Å². The fourth-order valence-corrected chi connectivity index (χ4v) is 5.18. The third-order valence-corrected chi connectivity index (χ3v) is 7.36. The Bertz CT molecular complexity index is 899. The lowest BCUT2D eigenvalue weighted by molar-refractivity contribution is -0.125. The van der Waals surface area contributed by atoms with Crippen LogP contribution >= 0.6 is 0 Å². The van der Waals surface area contributed by atoms with E-state index in [4.69, 9.17) is 0 Å². The summed E-state index contributed by atoms with van der Waals surface area (Å²) in [5.74, 6) is 0.0587. The average Bonchev–Trinajstić information content (AvgIpc) is 3.08. The first kappa shape index (κ1) is 22.8. The molecule has 1 aromatic carbocycles. The van der Waals surface area contributed by atoms with Gasteiger partial charge >= 0.3 is 6.03 Å². The molecule has 2 atom stereocenters. The van der Waals surface area contributed by atoms with Crippen molar-refractivity contribution in [2.75, 3.05) is 33.2 Å². The second-order valence-electron chi connectivity index (χ2n) is 10.6. The summed E-state index contributed by atoms with van der Waals surface area (Å²) in [5.41, 5.74) is 3.83. The fraction of sp³-hybridized carbons (Fsp3) is 0.615. The second-order valence-corrected chi connectivity index (χ2v) is 10.6. The first-order valence-corrected chi connectivity index (χ1v) is 12.1. The zero-order valence-electron chi connectivity index (χ0n) is 20.3. The summed E-state index contributed by atoms with van der Waals surface area (Å²) in [4.78, 5) is 32.2. The maximum atomic E-state index is 13.4. The Balaban J connectivity index is 1.48. The van der Waals surface area contributed by atoms with Crippen LogP contribution in [0.5, 0.6) is 0 Å². The number of amides is 3. The molecule has 3 amide bonds. The maximum absolute atomic E-state index is 13.4. The van der Waals surface area contributed by atoms with Crippen molar-refractivity contribution in [1.82, 2.24) is 20.0 Å². The van der Waals surface area contributed by atoms with Crippen LogP contribution in [-0.4, -0.2) is 65.9 Å². The van der Waals surface area contributed by atoms with Crippen molar-refractivity contribution in [2.24, 2.45) is 0 Å². The first-order chi connectivity index (χ1) is 15.2. The Labute approximate surface area is 192 Å². The number of likely N-dealkylation sites (N-methyl/N-ethyl adjacent to an activating group) is 1. The molecule has 6 nitrogen and oxygen atoms in total.